The Labute approximate surface area is 304 Å². The Morgan fingerprint density at radius 2 is 0.843 bits per heavy atom. The van der Waals surface area contributed by atoms with E-state index in [2.05, 4.69) is 193 Å². The van der Waals surface area contributed by atoms with Gasteiger partial charge in [0.1, 0.15) is 0 Å². The van der Waals surface area contributed by atoms with Crippen LogP contribution >= 0.6 is 22.7 Å². The number of rotatable bonds is 6. The Balaban J connectivity index is 1.13. The van der Waals surface area contributed by atoms with Crippen molar-refractivity contribution in [2.75, 3.05) is 4.90 Å². The lowest BCUT2D eigenvalue weighted by Gasteiger charge is -2.27. The minimum absolute atomic E-state index is 1.13. The van der Waals surface area contributed by atoms with Crippen LogP contribution in [0.4, 0.5) is 17.1 Å². The fourth-order valence-electron chi connectivity index (χ4n) is 7.42. The molecule has 2 heterocycles. The maximum absolute atomic E-state index is 2.43. The summed E-state index contributed by atoms with van der Waals surface area (Å²) in [4.78, 5) is 2.43. The summed E-state index contributed by atoms with van der Waals surface area (Å²) in [7, 11) is 0. The van der Waals surface area contributed by atoms with Gasteiger partial charge in [-0.2, -0.15) is 0 Å². The summed E-state index contributed by atoms with van der Waals surface area (Å²) in [5, 5.41) is 5.26. The Kier molecular flexibility index (Phi) is 7.26. The molecule has 0 unspecified atom stereocenters. The van der Waals surface area contributed by atoms with Crippen molar-refractivity contribution >= 4 is 80.1 Å². The molecule has 0 aliphatic heterocycles. The number of fused-ring (bicyclic) bond motifs is 6. The number of nitrogens with zero attached hydrogens (tertiary/aromatic N) is 1. The van der Waals surface area contributed by atoms with Crippen LogP contribution in [0, 0.1) is 0 Å². The van der Waals surface area contributed by atoms with Crippen LogP contribution in [-0.2, 0) is 0 Å². The average molecular weight is 686 g/mol. The van der Waals surface area contributed by atoms with E-state index in [9.17, 15) is 0 Å². The molecule has 0 amide bonds. The normalized spacial score (nSPS) is 11.5. The summed E-state index contributed by atoms with van der Waals surface area (Å²) in [6, 6.07) is 68.5. The minimum Gasteiger partial charge on any atom is -0.309 e. The first-order valence-electron chi connectivity index (χ1n) is 17.3. The van der Waals surface area contributed by atoms with Gasteiger partial charge >= 0.3 is 0 Å². The van der Waals surface area contributed by atoms with Crippen LogP contribution in [-0.4, -0.2) is 0 Å². The second kappa shape index (κ2) is 12.4. The molecule has 0 bridgehead atoms. The van der Waals surface area contributed by atoms with E-state index < -0.39 is 0 Å². The summed E-state index contributed by atoms with van der Waals surface area (Å²) in [6.45, 7) is 0. The lowest BCUT2D eigenvalue weighted by atomic mass is 9.98. The minimum atomic E-state index is 1.13. The van der Waals surface area contributed by atoms with E-state index in [1.54, 1.807) is 0 Å². The van der Waals surface area contributed by atoms with Gasteiger partial charge in [-0.3, -0.25) is 0 Å². The molecule has 0 atom stereocenters. The first kappa shape index (κ1) is 29.9. The van der Waals surface area contributed by atoms with Gasteiger partial charge in [0.15, 0.2) is 0 Å². The number of thiophene rings is 2. The van der Waals surface area contributed by atoms with Crippen molar-refractivity contribution < 1.29 is 0 Å². The van der Waals surface area contributed by atoms with E-state index in [4.69, 9.17) is 0 Å². The Hall–Kier alpha value is -6.00. The van der Waals surface area contributed by atoms with Crippen molar-refractivity contribution in [2.45, 2.75) is 0 Å². The number of hydrogen-bond donors (Lipinski definition) is 0. The van der Waals surface area contributed by atoms with Crippen LogP contribution in [0.2, 0.25) is 0 Å². The third-order valence-corrected chi connectivity index (χ3v) is 12.2. The number of hydrogen-bond acceptors (Lipinski definition) is 3. The van der Waals surface area contributed by atoms with Crippen LogP contribution in [0.1, 0.15) is 0 Å². The van der Waals surface area contributed by atoms with E-state index in [1.807, 2.05) is 22.7 Å². The molecule has 0 fully saturated rings. The van der Waals surface area contributed by atoms with Crippen LogP contribution in [0.5, 0.6) is 0 Å². The molecular formula is C48H31NS2. The molecule has 10 aromatic rings. The zero-order chi connectivity index (χ0) is 33.7. The van der Waals surface area contributed by atoms with Crippen LogP contribution in [0.25, 0.3) is 73.7 Å². The Morgan fingerprint density at radius 3 is 1.53 bits per heavy atom. The first-order chi connectivity index (χ1) is 25.3. The molecule has 8 aromatic carbocycles. The highest BCUT2D eigenvalue weighted by atomic mass is 32.1. The fourth-order valence-corrected chi connectivity index (χ4v) is 9.80. The van der Waals surface area contributed by atoms with Crippen molar-refractivity contribution in [2.24, 2.45) is 0 Å². The van der Waals surface area contributed by atoms with E-state index in [1.165, 1.54) is 79.4 Å². The maximum atomic E-state index is 2.43. The smallest absolute Gasteiger partial charge is 0.0640 e. The zero-order valence-electron chi connectivity index (χ0n) is 27.7. The average Bonchev–Trinajstić information content (AvgIpc) is 3.78. The molecule has 10 rings (SSSR count). The zero-order valence-corrected chi connectivity index (χ0v) is 29.3. The van der Waals surface area contributed by atoms with Crippen LogP contribution < -0.4 is 4.90 Å². The highest BCUT2D eigenvalue weighted by Gasteiger charge is 2.21. The molecule has 2 aromatic heterocycles. The quantitative estimate of drug-likeness (QED) is 0.168. The van der Waals surface area contributed by atoms with Gasteiger partial charge in [-0.25, -0.2) is 0 Å². The van der Waals surface area contributed by atoms with Gasteiger partial charge in [-0.05, 0) is 81.9 Å². The Bertz CT molecular complexity index is 2830. The third kappa shape index (κ3) is 5.21. The molecule has 0 aliphatic carbocycles. The van der Waals surface area contributed by atoms with Crippen LogP contribution in [0.3, 0.4) is 0 Å². The maximum Gasteiger partial charge on any atom is 0.0640 e. The van der Waals surface area contributed by atoms with Crippen molar-refractivity contribution in [1.29, 1.82) is 0 Å². The second-order valence-electron chi connectivity index (χ2n) is 12.9. The largest absolute Gasteiger partial charge is 0.309 e. The number of benzene rings is 8. The molecule has 3 heteroatoms. The standard InChI is InChI=1S/C48H31NS2/c1-3-11-32(12-4-1)33-19-24-37(25-20-33)49(38-26-21-34(22-27-38)36-23-28-41-40-15-7-9-17-44(40)50-46(41)31-36)43-30-29-39(35-13-5-2-6-14-35)47-42-16-8-10-18-45(42)51-48(43)47/h1-31H. The SMILES string of the molecule is c1ccc(-c2ccc(N(c3ccc(-c4ccc5c(c4)sc4ccccc45)cc3)c3ccc(-c4ccccc4)c4c3sc3ccccc34)cc2)cc1. The van der Waals surface area contributed by atoms with E-state index in [0.717, 1.165) is 11.4 Å². The predicted octanol–water partition coefficient (Wildman–Crippen LogP) is 14.9. The molecular weight excluding hydrogens is 655 g/mol. The lowest BCUT2D eigenvalue weighted by Crippen LogP contribution is -2.10. The molecule has 0 saturated carbocycles. The fraction of sp³-hybridized carbons (Fsp3) is 0. The summed E-state index contributed by atoms with van der Waals surface area (Å²) in [5.74, 6) is 0. The predicted molar refractivity (Wildman–Crippen MR) is 223 cm³/mol. The lowest BCUT2D eigenvalue weighted by molar-refractivity contribution is 1.30. The summed E-state index contributed by atoms with van der Waals surface area (Å²) in [5.41, 5.74) is 10.8. The van der Waals surface area contributed by atoms with Gasteiger partial charge in [-0.15, -0.1) is 22.7 Å². The van der Waals surface area contributed by atoms with Crippen molar-refractivity contribution in [3.63, 3.8) is 0 Å². The molecule has 51 heavy (non-hydrogen) atoms. The van der Waals surface area contributed by atoms with Gasteiger partial charge in [-0.1, -0.05) is 140 Å². The first-order valence-corrected chi connectivity index (χ1v) is 18.9. The van der Waals surface area contributed by atoms with Gasteiger partial charge < -0.3 is 4.90 Å². The van der Waals surface area contributed by atoms with Crippen molar-refractivity contribution in [3.05, 3.63) is 188 Å². The van der Waals surface area contributed by atoms with Gasteiger partial charge in [0.25, 0.3) is 0 Å². The highest BCUT2D eigenvalue weighted by Crippen LogP contribution is 2.48. The Morgan fingerprint density at radius 1 is 0.333 bits per heavy atom. The topological polar surface area (TPSA) is 3.24 Å². The summed E-state index contributed by atoms with van der Waals surface area (Å²) in [6.07, 6.45) is 0. The van der Waals surface area contributed by atoms with Crippen LogP contribution in [0.15, 0.2) is 188 Å². The van der Waals surface area contributed by atoms with Gasteiger partial charge in [0.2, 0.25) is 0 Å². The molecule has 1 nitrogen and oxygen atoms in total. The molecule has 0 radical (unpaired) electrons. The highest BCUT2D eigenvalue weighted by molar-refractivity contribution is 7.26. The van der Waals surface area contributed by atoms with E-state index >= 15 is 0 Å². The van der Waals surface area contributed by atoms with Crippen molar-refractivity contribution in [1.82, 2.24) is 0 Å². The molecule has 0 N–H and O–H groups in total. The second-order valence-corrected chi connectivity index (χ2v) is 15.0. The molecule has 0 saturated heterocycles. The van der Waals surface area contributed by atoms with E-state index in [0.29, 0.717) is 0 Å². The molecule has 240 valence electrons. The summed E-state index contributed by atoms with van der Waals surface area (Å²) >= 11 is 3.74. The van der Waals surface area contributed by atoms with Crippen molar-refractivity contribution in [3.8, 4) is 33.4 Å². The third-order valence-electron chi connectivity index (χ3n) is 9.90. The van der Waals surface area contributed by atoms with Gasteiger partial charge in [0.05, 0.1) is 10.4 Å². The molecule has 0 aliphatic rings. The number of anilines is 3. The summed E-state index contributed by atoms with van der Waals surface area (Å²) < 4.78 is 5.23. The van der Waals surface area contributed by atoms with E-state index in [-0.39, 0.29) is 0 Å². The molecule has 0 spiro atoms. The van der Waals surface area contributed by atoms with Gasteiger partial charge in [0, 0.05) is 47.0 Å². The monoisotopic (exact) mass is 685 g/mol.